The molecule has 1 aliphatic rings. The van der Waals surface area contributed by atoms with Crippen LogP contribution in [0.2, 0.25) is 5.02 Å². The molecule has 0 heterocycles. The maximum atomic E-state index is 12.1. The van der Waals surface area contributed by atoms with E-state index in [4.69, 9.17) is 16.7 Å². The van der Waals surface area contributed by atoms with Gasteiger partial charge < -0.3 is 5.11 Å². The summed E-state index contributed by atoms with van der Waals surface area (Å²) in [7, 11) is -3.52. The summed E-state index contributed by atoms with van der Waals surface area (Å²) in [5.41, 5.74) is 0.525. The van der Waals surface area contributed by atoms with Crippen molar-refractivity contribution in [1.82, 2.24) is 4.72 Å². The van der Waals surface area contributed by atoms with Crippen LogP contribution >= 0.6 is 11.6 Å². The van der Waals surface area contributed by atoms with Crippen LogP contribution in [0, 0.1) is 5.92 Å². The zero-order valence-electron chi connectivity index (χ0n) is 12.0. The van der Waals surface area contributed by atoms with E-state index in [0.29, 0.717) is 12.1 Å². The molecule has 0 saturated heterocycles. The SMILES string of the molecule is O=S(=O)(NCCCC1CCCC1)c1ccc(CO)c(Cl)c1. The van der Waals surface area contributed by atoms with Crippen molar-refractivity contribution in [2.24, 2.45) is 5.92 Å². The summed E-state index contributed by atoms with van der Waals surface area (Å²) in [6.45, 7) is 0.256. The van der Waals surface area contributed by atoms with E-state index in [0.717, 1.165) is 18.8 Å². The van der Waals surface area contributed by atoms with Gasteiger partial charge in [0.05, 0.1) is 11.5 Å². The van der Waals surface area contributed by atoms with E-state index in [1.54, 1.807) is 0 Å². The lowest BCUT2D eigenvalue weighted by atomic mass is 10.0. The van der Waals surface area contributed by atoms with Crippen LogP contribution in [0.5, 0.6) is 0 Å². The molecule has 0 spiro atoms. The smallest absolute Gasteiger partial charge is 0.240 e. The van der Waals surface area contributed by atoms with Gasteiger partial charge in [-0.15, -0.1) is 0 Å². The molecule has 0 bridgehead atoms. The highest BCUT2D eigenvalue weighted by atomic mass is 35.5. The second kappa shape index (κ2) is 7.58. The molecule has 118 valence electrons. The number of rotatable bonds is 7. The maximum Gasteiger partial charge on any atom is 0.240 e. The van der Waals surface area contributed by atoms with Crippen LogP contribution in [0.4, 0.5) is 0 Å². The molecule has 2 rings (SSSR count). The molecule has 0 aromatic heterocycles. The van der Waals surface area contributed by atoms with Gasteiger partial charge in [0.2, 0.25) is 10.0 Å². The second-order valence-electron chi connectivity index (χ2n) is 5.60. The lowest BCUT2D eigenvalue weighted by molar-refractivity contribution is 0.282. The first kappa shape index (κ1) is 16.7. The Hall–Kier alpha value is -0.620. The van der Waals surface area contributed by atoms with Crippen molar-refractivity contribution in [2.45, 2.75) is 50.0 Å². The zero-order valence-corrected chi connectivity index (χ0v) is 13.6. The van der Waals surface area contributed by atoms with Gasteiger partial charge in [-0.2, -0.15) is 0 Å². The van der Waals surface area contributed by atoms with Gasteiger partial charge in [-0.3, -0.25) is 0 Å². The summed E-state index contributed by atoms with van der Waals surface area (Å²) in [5.74, 6) is 0.771. The van der Waals surface area contributed by atoms with Crippen molar-refractivity contribution in [3.05, 3.63) is 28.8 Å². The lowest BCUT2D eigenvalue weighted by Gasteiger charge is -2.10. The van der Waals surface area contributed by atoms with Crippen molar-refractivity contribution >= 4 is 21.6 Å². The van der Waals surface area contributed by atoms with Crippen molar-refractivity contribution < 1.29 is 13.5 Å². The van der Waals surface area contributed by atoms with Crippen LogP contribution < -0.4 is 4.72 Å². The third-order valence-electron chi connectivity index (χ3n) is 4.06. The Kier molecular flexibility index (Phi) is 6.05. The highest BCUT2D eigenvalue weighted by Crippen LogP contribution is 2.28. The molecule has 4 nitrogen and oxygen atoms in total. The molecule has 1 fully saturated rings. The summed E-state index contributed by atoms with van der Waals surface area (Å²) in [5, 5.41) is 9.31. The molecule has 0 amide bonds. The third-order valence-corrected chi connectivity index (χ3v) is 5.87. The van der Waals surface area contributed by atoms with Gasteiger partial charge in [-0.05, 0) is 36.5 Å². The third kappa shape index (κ3) is 4.68. The van der Waals surface area contributed by atoms with Gasteiger partial charge in [0, 0.05) is 11.6 Å². The van der Waals surface area contributed by atoms with Crippen LogP contribution in [-0.2, 0) is 16.6 Å². The molecule has 1 saturated carbocycles. The van der Waals surface area contributed by atoms with E-state index < -0.39 is 10.0 Å². The zero-order chi connectivity index (χ0) is 15.3. The van der Waals surface area contributed by atoms with E-state index in [1.165, 1.54) is 43.9 Å². The molecule has 1 aromatic rings. The Bertz CT molecular complexity index is 568. The largest absolute Gasteiger partial charge is 0.392 e. The summed E-state index contributed by atoms with van der Waals surface area (Å²) in [6.07, 6.45) is 7.15. The Morgan fingerprint density at radius 2 is 2.00 bits per heavy atom. The number of benzene rings is 1. The van der Waals surface area contributed by atoms with Crippen LogP contribution in [0.3, 0.4) is 0 Å². The minimum Gasteiger partial charge on any atom is -0.392 e. The normalized spacial score (nSPS) is 16.5. The first-order valence-electron chi connectivity index (χ1n) is 7.42. The lowest BCUT2D eigenvalue weighted by Crippen LogP contribution is -2.25. The molecule has 6 heteroatoms. The number of hydrogen-bond acceptors (Lipinski definition) is 3. The number of hydrogen-bond donors (Lipinski definition) is 2. The van der Waals surface area contributed by atoms with Crippen molar-refractivity contribution in [3.8, 4) is 0 Å². The van der Waals surface area contributed by atoms with Crippen molar-refractivity contribution in [2.75, 3.05) is 6.54 Å². The molecule has 2 N–H and O–H groups in total. The molecule has 1 aliphatic carbocycles. The molecular weight excluding hydrogens is 310 g/mol. The maximum absolute atomic E-state index is 12.1. The fraction of sp³-hybridized carbons (Fsp3) is 0.600. The molecule has 0 aliphatic heterocycles. The van der Waals surface area contributed by atoms with Crippen LogP contribution in [-0.4, -0.2) is 20.1 Å². The number of sulfonamides is 1. The number of aliphatic hydroxyl groups is 1. The van der Waals surface area contributed by atoms with Gasteiger partial charge in [-0.25, -0.2) is 13.1 Å². The summed E-state index contributed by atoms with van der Waals surface area (Å²) in [4.78, 5) is 0.144. The number of nitrogens with one attached hydrogen (secondary N) is 1. The number of aliphatic hydroxyl groups excluding tert-OH is 1. The summed E-state index contributed by atoms with van der Waals surface area (Å²) < 4.78 is 26.9. The minimum atomic E-state index is -3.52. The van der Waals surface area contributed by atoms with Gasteiger partial charge in [0.15, 0.2) is 0 Å². The molecule has 0 radical (unpaired) electrons. The Labute approximate surface area is 131 Å². The quantitative estimate of drug-likeness (QED) is 0.754. The van der Waals surface area contributed by atoms with E-state index in [-0.39, 0.29) is 16.5 Å². The average Bonchev–Trinajstić information content (AvgIpc) is 2.97. The number of halogens is 1. The molecular formula is C15H22ClNO3S. The average molecular weight is 332 g/mol. The first-order valence-corrected chi connectivity index (χ1v) is 9.28. The highest BCUT2D eigenvalue weighted by molar-refractivity contribution is 7.89. The van der Waals surface area contributed by atoms with Crippen LogP contribution in [0.25, 0.3) is 0 Å². The van der Waals surface area contributed by atoms with E-state index in [1.807, 2.05) is 0 Å². The Morgan fingerprint density at radius 3 is 2.62 bits per heavy atom. The second-order valence-corrected chi connectivity index (χ2v) is 7.78. The summed E-state index contributed by atoms with van der Waals surface area (Å²) in [6, 6.07) is 4.39. The van der Waals surface area contributed by atoms with Crippen LogP contribution in [0.1, 0.15) is 44.1 Å². The predicted molar refractivity (Wildman–Crippen MR) is 83.8 cm³/mol. The predicted octanol–water partition coefficient (Wildman–Crippen LogP) is 3.08. The van der Waals surface area contributed by atoms with Crippen LogP contribution in [0.15, 0.2) is 23.1 Å². The fourth-order valence-electron chi connectivity index (χ4n) is 2.80. The fourth-order valence-corrected chi connectivity index (χ4v) is 4.21. The standard InChI is InChI=1S/C15H22ClNO3S/c16-15-10-14(8-7-13(15)11-18)21(19,20)17-9-3-6-12-4-1-2-5-12/h7-8,10,12,17-18H,1-6,9,11H2. The molecule has 21 heavy (non-hydrogen) atoms. The van der Waals surface area contributed by atoms with Gasteiger partial charge in [0.1, 0.15) is 0 Å². The minimum absolute atomic E-state index is 0.144. The first-order chi connectivity index (χ1) is 10.0. The topological polar surface area (TPSA) is 66.4 Å². The van der Waals surface area contributed by atoms with E-state index in [2.05, 4.69) is 4.72 Å². The van der Waals surface area contributed by atoms with E-state index >= 15 is 0 Å². The van der Waals surface area contributed by atoms with E-state index in [9.17, 15) is 8.42 Å². The molecule has 1 aromatic carbocycles. The van der Waals surface area contributed by atoms with Gasteiger partial charge in [0.25, 0.3) is 0 Å². The molecule has 0 unspecified atom stereocenters. The Morgan fingerprint density at radius 1 is 1.29 bits per heavy atom. The monoisotopic (exact) mass is 331 g/mol. The molecule has 0 atom stereocenters. The van der Waals surface area contributed by atoms with Crippen molar-refractivity contribution in [3.63, 3.8) is 0 Å². The van der Waals surface area contributed by atoms with Crippen molar-refractivity contribution in [1.29, 1.82) is 0 Å². The highest BCUT2D eigenvalue weighted by Gasteiger charge is 2.17. The Balaban J connectivity index is 1.87. The van der Waals surface area contributed by atoms with Gasteiger partial charge in [-0.1, -0.05) is 43.4 Å². The summed E-state index contributed by atoms with van der Waals surface area (Å²) >= 11 is 5.93. The van der Waals surface area contributed by atoms with Gasteiger partial charge >= 0.3 is 0 Å².